The highest BCUT2D eigenvalue weighted by atomic mass is 32.2. The van der Waals surface area contributed by atoms with E-state index in [1.54, 1.807) is 0 Å². The quantitative estimate of drug-likeness (QED) is 0.652. The summed E-state index contributed by atoms with van der Waals surface area (Å²) in [5.41, 5.74) is 0. The van der Waals surface area contributed by atoms with E-state index in [9.17, 15) is 9.59 Å². The molecule has 0 aromatic carbocycles. The molecule has 0 spiro atoms. The van der Waals surface area contributed by atoms with Crippen molar-refractivity contribution < 1.29 is 9.59 Å². The third kappa shape index (κ3) is 7.59. The maximum Gasteiger partial charge on any atom is 0.186 e. The zero-order valence-electron chi connectivity index (χ0n) is 7.22. The minimum atomic E-state index is 0.0158. The lowest BCUT2D eigenvalue weighted by atomic mass is 10.1. The molecule has 0 unspecified atom stereocenters. The fraction of sp³-hybridized carbons (Fsp3) is 0.750. The van der Waals surface area contributed by atoms with Gasteiger partial charge in [0.15, 0.2) is 5.12 Å². The molecular formula is C8H14O2S. The van der Waals surface area contributed by atoms with Gasteiger partial charge < -0.3 is 0 Å². The second kappa shape index (κ2) is 5.35. The Hall–Kier alpha value is -0.310. The first kappa shape index (κ1) is 10.7. The van der Waals surface area contributed by atoms with Gasteiger partial charge in [-0.2, -0.15) is 0 Å². The Balaban J connectivity index is 3.45. The molecule has 64 valence electrons. The van der Waals surface area contributed by atoms with Crippen LogP contribution in [0.2, 0.25) is 0 Å². The van der Waals surface area contributed by atoms with E-state index in [4.69, 9.17) is 0 Å². The zero-order valence-corrected chi connectivity index (χ0v) is 8.03. The Morgan fingerprint density at radius 1 is 1.36 bits per heavy atom. The highest BCUT2D eigenvalue weighted by Gasteiger charge is 2.05. The summed E-state index contributed by atoms with van der Waals surface area (Å²) in [5.74, 6) is 0.906. The maximum absolute atomic E-state index is 11.0. The number of hydrogen-bond donors (Lipinski definition) is 0. The van der Waals surface area contributed by atoms with Crippen molar-refractivity contribution in [3.05, 3.63) is 0 Å². The Kier molecular flexibility index (Phi) is 5.20. The average Bonchev–Trinajstić information content (AvgIpc) is 1.82. The monoisotopic (exact) mass is 174 g/mol. The Morgan fingerprint density at radius 2 is 1.91 bits per heavy atom. The van der Waals surface area contributed by atoms with Crippen LogP contribution in [0.3, 0.4) is 0 Å². The number of ketones is 1. The van der Waals surface area contributed by atoms with Gasteiger partial charge >= 0.3 is 0 Å². The van der Waals surface area contributed by atoms with Gasteiger partial charge in [0, 0.05) is 13.3 Å². The third-order valence-electron chi connectivity index (χ3n) is 1.07. The standard InChI is InChI=1S/C8H14O2S/c1-6(2)4-8(10)5-11-7(3)9/h6H,4-5H2,1-3H3. The molecule has 0 aromatic heterocycles. The van der Waals surface area contributed by atoms with Crippen LogP contribution in [0.4, 0.5) is 0 Å². The molecule has 0 amide bonds. The van der Waals surface area contributed by atoms with Gasteiger partial charge in [-0.15, -0.1) is 0 Å². The molecule has 11 heavy (non-hydrogen) atoms. The van der Waals surface area contributed by atoms with Crippen molar-refractivity contribution in [2.45, 2.75) is 27.2 Å². The molecule has 0 heterocycles. The summed E-state index contributed by atoms with van der Waals surface area (Å²) in [6, 6.07) is 0. The molecular weight excluding hydrogens is 160 g/mol. The number of rotatable bonds is 4. The van der Waals surface area contributed by atoms with Crippen LogP contribution in [0.1, 0.15) is 27.2 Å². The topological polar surface area (TPSA) is 34.1 Å². The van der Waals surface area contributed by atoms with Gasteiger partial charge in [-0.3, -0.25) is 9.59 Å². The summed E-state index contributed by atoms with van der Waals surface area (Å²) >= 11 is 1.09. The average molecular weight is 174 g/mol. The molecule has 0 aliphatic carbocycles. The SMILES string of the molecule is CC(=O)SCC(=O)CC(C)C. The fourth-order valence-electron chi connectivity index (χ4n) is 0.696. The van der Waals surface area contributed by atoms with Gasteiger partial charge in [-0.1, -0.05) is 25.6 Å². The second-order valence-electron chi connectivity index (χ2n) is 2.92. The molecule has 0 aromatic rings. The van der Waals surface area contributed by atoms with Crippen LogP contribution in [0, 0.1) is 5.92 Å². The van der Waals surface area contributed by atoms with Gasteiger partial charge in [0.25, 0.3) is 0 Å². The smallest absolute Gasteiger partial charge is 0.186 e. The van der Waals surface area contributed by atoms with Crippen molar-refractivity contribution in [1.82, 2.24) is 0 Å². The summed E-state index contributed by atoms with van der Waals surface area (Å²) < 4.78 is 0. The highest BCUT2D eigenvalue weighted by molar-refractivity contribution is 8.14. The largest absolute Gasteiger partial charge is 0.299 e. The van der Waals surface area contributed by atoms with Crippen LogP contribution in [-0.2, 0) is 9.59 Å². The molecule has 0 aliphatic rings. The van der Waals surface area contributed by atoms with Crippen molar-refractivity contribution >= 4 is 22.7 Å². The molecule has 0 fully saturated rings. The predicted molar refractivity (Wildman–Crippen MR) is 47.6 cm³/mol. The van der Waals surface area contributed by atoms with E-state index in [2.05, 4.69) is 0 Å². The summed E-state index contributed by atoms with van der Waals surface area (Å²) in [5, 5.41) is 0.0158. The van der Waals surface area contributed by atoms with E-state index in [-0.39, 0.29) is 10.9 Å². The molecule has 0 saturated heterocycles. The van der Waals surface area contributed by atoms with Crippen LogP contribution in [-0.4, -0.2) is 16.7 Å². The molecule has 2 nitrogen and oxygen atoms in total. The van der Waals surface area contributed by atoms with E-state index in [1.165, 1.54) is 6.92 Å². The lowest BCUT2D eigenvalue weighted by Crippen LogP contribution is -2.06. The fourth-order valence-corrected chi connectivity index (χ4v) is 1.18. The van der Waals surface area contributed by atoms with Crippen molar-refractivity contribution in [2.24, 2.45) is 5.92 Å². The first-order valence-corrected chi connectivity index (χ1v) is 4.66. The Labute approximate surface area is 71.7 Å². The minimum absolute atomic E-state index is 0.0158. The summed E-state index contributed by atoms with van der Waals surface area (Å²) in [6.45, 7) is 5.47. The number of hydrogen-bond acceptors (Lipinski definition) is 3. The van der Waals surface area contributed by atoms with E-state index in [0.29, 0.717) is 18.1 Å². The minimum Gasteiger partial charge on any atom is -0.299 e. The van der Waals surface area contributed by atoms with Crippen molar-refractivity contribution in [3.8, 4) is 0 Å². The van der Waals surface area contributed by atoms with Gasteiger partial charge in [0.1, 0.15) is 5.78 Å². The van der Waals surface area contributed by atoms with Crippen LogP contribution >= 0.6 is 11.8 Å². The number of Topliss-reactive ketones (excluding diaryl/α,β-unsaturated/α-hetero) is 1. The first-order chi connectivity index (χ1) is 5.02. The first-order valence-electron chi connectivity index (χ1n) is 3.67. The van der Waals surface area contributed by atoms with Crippen LogP contribution in [0.5, 0.6) is 0 Å². The lowest BCUT2D eigenvalue weighted by Gasteiger charge is -2.01. The summed E-state index contributed by atoms with van der Waals surface area (Å²) in [6.07, 6.45) is 0.584. The molecule has 0 rings (SSSR count). The summed E-state index contributed by atoms with van der Waals surface area (Å²) in [7, 11) is 0. The molecule has 0 N–H and O–H groups in total. The number of carbonyl (C=O) groups is 2. The van der Waals surface area contributed by atoms with Crippen LogP contribution < -0.4 is 0 Å². The van der Waals surface area contributed by atoms with E-state index < -0.39 is 0 Å². The predicted octanol–water partition coefficient (Wildman–Crippen LogP) is 1.88. The Morgan fingerprint density at radius 3 is 2.27 bits per heavy atom. The third-order valence-corrected chi connectivity index (χ3v) is 1.95. The van der Waals surface area contributed by atoms with E-state index >= 15 is 0 Å². The van der Waals surface area contributed by atoms with Gasteiger partial charge in [-0.05, 0) is 5.92 Å². The molecule has 0 saturated carbocycles. The van der Waals surface area contributed by atoms with E-state index in [0.717, 1.165) is 11.8 Å². The molecule has 0 bridgehead atoms. The molecule has 3 heteroatoms. The van der Waals surface area contributed by atoms with Crippen molar-refractivity contribution in [3.63, 3.8) is 0 Å². The van der Waals surface area contributed by atoms with Crippen LogP contribution in [0.15, 0.2) is 0 Å². The zero-order chi connectivity index (χ0) is 8.85. The second-order valence-corrected chi connectivity index (χ2v) is 4.07. The van der Waals surface area contributed by atoms with Gasteiger partial charge in [-0.25, -0.2) is 0 Å². The van der Waals surface area contributed by atoms with Crippen molar-refractivity contribution in [2.75, 3.05) is 5.75 Å². The molecule has 0 aliphatic heterocycles. The summed E-state index contributed by atoms with van der Waals surface area (Å²) in [4.78, 5) is 21.4. The highest BCUT2D eigenvalue weighted by Crippen LogP contribution is 2.06. The number of carbonyl (C=O) groups excluding carboxylic acids is 2. The van der Waals surface area contributed by atoms with E-state index in [1.807, 2.05) is 13.8 Å². The molecule has 0 radical (unpaired) electrons. The normalized spacial score (nSPS) is 10.2. The lowest BCUT2D eigenvalue weighted by molar-refractivity contribution is -0.117. The van der Waals surface area contributed by atoms with Crippen molar-refractivity contribution in [1.29, 1.82) is 0 Å². The Bertz CT molecular complexity index is 152. The van der Waals surface area contributed by atoms with Gasteiger partial charge in [0.05, 0.1) is 5.75 Å². The van der Waals surface area contributed by atoms with Gasteiger partial charge in [0.2, 0.25) is 0 Å². The number of thioether (sulfide) groups is 1. The maximum atomic E-state index is 11.0. The van der Waals surface area contributed by atoms with Crippen LogP contribution in [0.25, 0.3) is 0 Å². The molecule has 0 atom stereocenters.